The maximum absolute atomic E-state index is 12.7. The minimum absolute atomic E-state index is 0.0506. The summed E-state index contributed by atoms with van der Waals surface area (Å²) < 4.78 is 2.98. The molecule has 162 valence electrons. The summed E-state index contributed by atoms with van der Waals surface area (Å²) >= 11 is 3.39. The van der Waals surface area contributed by atoms with Crippen LogP contribution in [0.3, 0.4) is 0 Å². The van der Waals surface area contributed by atoms with Crippen LogP contribution < -0.4 is 5.32 Å². The van der Waals surface area contributed by atoms with Gasteiger partial charge in [-0.2, -0.15) is 5.26 Å². The highest BCUT2D eigenvalue weighted by Gasteiger charge is 2.14. The number of carbonyl (C=O) groups is 1. The molecule has 0 aliphatic carbocycles. The van der Waals surface area contributed by atoms with Crippen molar-refractivity contribution in [1.82, 2.24) is 4.57 Å². The fraction of sp³-hybridized carbons (Fsp3) is 0.0714. The van der Waals surface area contributed by atoms with Gasteiger partial charge in [0.15, 0.2) is 0 Å². The average molecular weight is 496 g/mol. The molecule has 0 aliphatic heterocycles. The van der Waals surface area contributed by atoms with Gasteiger partial charge in [-0.1, -0.05) is 64.5 Å². The third-order valence-corrected chi connectivity index (χ3v) is 5.94. The van der Waals surface area contributed by atoms with Crippen molar-refractivity contribution in [3.63, 3.8) is 0 Å². The lowest BCUT2D eigenvalue weighted by Gasteiger charge is -2.11. The number of halogens is 1. The molecule has 0 spiro atoms. The van der Waals surface area contributed by atoms with E-state index in [1.165, 1.54) is 5.56 Å². The minimum atomic E-state index is -0.437. The normalized spacial score (nSPS) is 11.2. The third-order valence-electron chi connectivity index (χ3n) is 5.45. The molecule has 1 heterocycles. The van der Waals surface area contributed by atoms with Crippen molar-refractivity contribution in [2.45, 2.75) is 13.8 Å². The Labute approximate surface area is 201 Å². The maximum atomic E-state index is 12.7. The van der Waals surface area contributed by atoms with Gasteiger partial charge in [0.2, 0.25) is 0 Å². The Hall–Kier alpha value is -3.88. The molecule has 3 aromatic carbocycles. The molecule has 0 aliphatic rings. The van der Waals surface area contributed by atoms with Crippen molar-refractivity contribution in [3.05, 3.63) is 112 Å². The van der Waals surface area contributed by atoms with Crippen molar-refractivity contribution in [2.75, 3.05) is 5.32 Å². The second-order valence-corrected chi connectivity index (χ2v) is 8.62. The molecule has 1 aromatic heterocycles. The van der Waals surface area contributed by atoms with Crippen molar-refractivity contribution >= 4 is 33.6 Å². The molecule has 0 radical (unpaired) electrons. The molecule has 33 heavy (non-hydrogen) atoms. The fourth-order valence-electron chi connectivity index (χ4n) is 3.83. The number of nitrogens with zero attached hydrogens (tertiary/aromatic N) is 2. The molecule has 4 nitrogen and oxygen atoms in total. The lowest BCUT2D eigenvalue weighted by Crippen LogP contribution is -2.13. The zero-order valence-corrected chi connectivity index (χ0v) is 19.9. The molecule has 0 atom stereocenters. The van der Waals surface area contributed by atoms with E-state index in [-0.39, 0.29) is 5.57 Å². The zero-order chi connectivity index (χ0) is 23.4. The standard InChI is InChI=1S/C28H22BrN3O/c1-19-15-23(16-24(18-30)28(33)31-26-10-6-9-25(29)17-26)20(2)32(19)27-13-11-22(12-14-27)21-7-4-3-5-8-21/h3-17H,1-2H3,(H,31,33)/b24-16+. The van der Waals surface area contributed by atoms with Crippen LogP contribution in [0, 0.1) is 25.2 Å². The molecule has 0 bridgehead atoms. The van der Waals surface area contributed by atoms with Crippen LogP contribution in [-0.4, -0.2) is 10.5 Å². The van der Waals surface area contributed by atoms with Gasteiger partial charge in [0.1, 0.15) is 11.6 Å². The van der Waals surface area contributed by atoms with Crippen LogP contribution in [0.2, 0.25) is 0 Å². The van der Waals surface area contributed by atoms with Gasteiger partial charge < -0.3 is 9.88 Å². The molecule has 0 saturated heterocycles. The maximum Gasteiger partial charge on any atom is 0.266 e. The number of carbonyl (C=O) groups excluding carboxylic acids is 1. The largest absolute Gasteiger partial charge is 0.321 e. The summed E-state index contributed by atoms with van der Waals surface area (Å²) in [4.78, 5) is 12.7. The van der Waals surface area contributed by atoms with Crippen molar-refractivity contribution < 1.29 is 4.79 Å². The number of hydrogen-bond acceptors (Lipinski definition) is 2. The first-order chi connectivity index (χ1) is 16.0. The van der Waals surface area contributed by atoms with Crippen molar-refractivity contribution in [3.8, 4) is 22.9 Å². The number of hydrogen-bond donors (Lipinski definition) is 1. The summed E-state index contributed by atoms with van der Waals surface area (Å²) in [6, 6.07) is 29.9. The van der Waals surface area contributed by atoms with Crippen molar-refractivity contribution in [2.24, 2.45) is 0 Å². The van der Waals surface area contributed by atoms with E-state index in [1.807, 2.05) is 56.3 Å². The topological polar surface area (TPSA) is 57.8 Å². The highest BCUT2D eigenvalue weighted by atomic mass is 79.9. The predicted molar refractivity (Wildman–Crippen MR) is 137 cm³/mol. The van der Waals surface area contributed by atoms with Gasteiger partial charge in [-0.15, -0.1) is 0 Å². The van der Waals surface area contributed by atoms with Crippen LogP contribution in [0.5, 0.6) is 0 Å². The highest BCUT2D eigenvalue weighted by molar-refractivity contribution is 9.10. The first kappa shape index (κ1) is 22.3. The Morgan fingerprint density at radius 2 is 1.64 bits per heavy atom. The van der Waals surface area contributed by atoms with Gasteiger partial charge in [-0.3, -0.25) is 4.79 Å². The molecule has 4 rings (SSSR count). The Morgan fingerprint density at radius 3 is 2.30 bits per heavy atom. The van der Waals surface area contributed by atoms with Crippen LogP contribution in [0.25, 0.3) is 22.9 Å². The number of nitriles is 1. The highest BCUT2D eigenvalue weighted by Crippen LogP contribution is 2.26. The molecule has 1 amide bonds. The first-order valence-corrected chi connectivity index (χ1v) is 11.3. The Bertz CT molecular complexity index is 1380. The van der Waals surface area contributed by atoms with Gasteiger partial charge in [0.05, 0.1) is 0 Å². The lowest BCUT2D eigenvalue weighted by molar-refractivity contribution is -0.112. The van der Waals surface area contributed by atoms with Gasteiger partial charge in [0.25, 0.3) is 5.91 Å². The van der Waals surface area contributed by atoms with E-state index < -0.39 is 5.91 Å². The summed E-state index contributed by atoms with van der Waals surface area (Å²) in [6.07, 6.45) is 1.64. The number of nitrogens with one attached hydrogen (secondary N) is 1. The molecule has 5 heteroatoms. The Balaban J connectivity index is 1.62. The van der Waals surface area contributed by atoms with Gasteiger partial charge in [0, 0.05) is 27.2 Å². The second kappa shape index (κ2) is 9.72. The SMILES string of the molecule is Cc1cc(/C=C(\C#N)C(=O)Nc2cccc(Br)c2)c(C)n1-c1ccc(-c2ccccc2)cc1. The quantitative estimate of drug-likeness (QED) is 0.237. The third kappa shape index (κ3) is 4.97. The van der Waals surface area contributed by atoms with E-state index in [0.29, 0.717) is 5.69 Å². The molecule has 1 N–H and O–H groups in total. The monoisotopic (exact) mass is 495 g/mol. The zero-order valence-electron chi connectivity index (χ0n) is 18.3. The smallest absolute Gasteiger partial charge is 0.266 e. The number of aromatic nitrogens is 1. The number of aryl methyl sites for hydroxylation is 1. The minimum Gasteiger partial charge on any atom is -0.321 e. The number of benzene rings is 3. The summed E-state index contributed by atoms with van der Waals surface area (Å²) in [5.41, 5.74) is 6.84. The van der Waals surface area contributed by atoms with Gasteiger partial charge in [-0.05, 0) is 73.0 Å². The summed E-state index contributed by atoms with van der Waals surface area (Å²) in [5, 5.41) is 12.4. The number of anilines is 1. The van der Waals surface area contributed by atoms with Crippen LogP contribution >= 0.6 is 15.9 Å². The molecule has 4 aromatic rings. The summed E-state index contributed by atoms with van der Waals surface area (Å²) in [6.45, 7) is 4.01. The van der Waals surface area contributed by atoms with E-state index in [9.17, 15) is 10.1 Å². The predicted octanol–water partition coefficient (Wildman–Crippen LogP) is 7.07. The Kier molecular flexibility index (Phi) is 6.58. The Morgan fingerprint density at radius 1 is 0.939 bits per heavy atom. The van der Waals surface area contributed by atoms with Crippen LogP contribution in [-0.2, 0) is 4.79 Å². The van der Waals surface area contributed by atoms with E-state index in [0.717, 1.165) is 32.7 Å². The van der Waals surface area contributed by atoms with Crippen LogP contribution in [0.4, 0.5) is 5.69 Å². The first-order valence-electron chi connectivity index (χ1n) is 10.5. The van der Waals surface area contributed by atoms with Crippen molar-refractivity contribution in [1.29, 1.82) is 5.26 Å². The summed E-state index contributed by atoms with van der Waals surface area (Å²) in [7, 11) is 0. The van der Waals surface area contributed by atoms with Gasteiger partial charge >= 0.3 is 0 Å². The molecule has 0 unspecified atom stereocenters. The van der Waals surface area contributed by atoms with E-state index in [2.05, 4.69) is 62.2 Å². The van der Waals surface area contributed by atoms with E-state index >= 15 is 0 Å². The van der Waals surface area contributed by atoms with Gasteiger partial charge in [-0.25, -0.2) is 0 Å². The summed E-state index contributed by atoms with van der Waals surface area (Å²) in [5.74, 6) is -0.437. The number of rotatable bonds is 5. The lowest BCUT2D eigenvalue weighted by atomic mass is 10.1. The molecule has 0 fully saturated rings. The van der Waals surface area contributed by atoms with E-state index in [1.54, 1.807) is 18.2 Å². The average Bonchev–Trinajstić information content (AvgIpc) is 3.10. The van der Waals surface area contributed by atoms with E-state index in [4.69, 9.17) is 0 Å². The second-order valence-electron chi connectivity index (χ2n) is 7.71. The molecular weight excluding hydrogens is 474 g/mol. The number of amides is 1. The fourth-order valence-corrected chi connectivity index (χ4v) is 4.23. The molecular formula is C28H22BrN3O. The van der Waals surface area contributed by atoms with Crippen LogP contribution in [0.15, 0.2) is 95.0 Å². The molecule has 0 saturated carbocycles. The van der Waals surface area contributed by atoms with Crippen LogP contribution in [0.1, 0.15) is 17.0 Å².